The molecule has 67 heavy (non-hydrogen) atoms. The largest absolute Gasteiger partial charge is 0.310 e. The zero-order chi connectivity index (χ0) is 45.4. The van der Waals surface area contributed by atoms with E-state index >= 15 is 0 Å². The Bertz CT molecular complexity index is 3630. The van der Waals surface area contributed by atoms with Gasteiger partial charge in [-0.25, -0.2) is 0 Å². The van der Waals surface area contributed by atoms with E-state index in [0.29, 0.717) is 0 Å². The Morgan fingerprint density at radius 1 is 0.328 bits per heavy atom. The molecule has 2 nitrogen and oxygen atoms in total. The number of nitrogens with zero attached hydrogens (tertiary/aromatic N) is 2. The Labute approximate surface area is 393 Å². The predicted octanol–water partition coefficient (Wildman–Crippen LogP) is 16.6. The van der Waals surface area contributed by atoms with E-state index in [-0.39, 0.29) is 16.2 Å². The van der Waals surface area contributed by atoms with Crippen molar-refractivity contribution in [2.45, 2.75) is 57.8 Å². The van der Waals surface area contributed by atoms with Crippen LogP contribution in [0.25, 0.3) is 60.9 Å². The Morgan fingerprint density at radius 2 is 0.716 bits per heavy atom. The first kappa shape index (κ1) is 39.5. The summed E-state index contributed by atoms with van der Waals surface area (Å²) >= 11 is 0. The van der Waals surface area contributed by atoms with Crippen LogP contribution in [0.2, 0.25) is 0 Å². The van der Waals surface area contributed by atoms with Gasteiger partial charge in [0.15, 0.2) is 0 Å². The minimum absolute atomic E-state index is 0.0830. The van der Waals surface area contributed by atoms with Gasteiger partial charge in [0.05, 0.1) is 11.0 Å². The molecule has 13 rings (SSSR count). The Hall–Kier alpha value is -7.86. The predicted molar refractivity (Wildman–Crippen MR) is 281 cm³/mol. The topological polar surface area (TPSA) is 8.17 Å². The van der Waals surface area contributed by atoms with E-state index < -0.39 is 0 Å². The highest BCUT2D eigenvalue weighted by Gasteiger charge is 2.39. The molecule has 0 atom stereocenters. The van der Waals surface area contributed by atoms with Gasteiger partial charge in [0.1, 0.15) is 0 Å². The van der Waals surface area contributed by atoms with Crippen molar-refractivity contribution < 1.29 is 0 Å². The summed E-state index contributed by atoms with van der Waals surface area (Å²) in [5.74, 6) is 6.99. The van der Waals surface area contributed by atoms with Crippen molar-refractivity contribution in [2.75, 3.05) is 4.90 Å². The summed E-state index contributed by atoms with van der Waals surface area (Å²) in [6.45, 7) is 14.2. The van der Waals surface area contributed by atoms with Gasteiger partial charge in [-0.3, -0.25) is 0 Å². The van der Waals surface area contributed by atoms with Crippen LogP contribution in [-0.2, 0) is 16.2 Å². The lowest BCUT2D eigenvalue weighted by Crippen LogP contribution is -2.16. The first-order chi connectivity index (χ1) is 32.5. The number of benzene rings is 9. The number of fused-ring (bicyclic) bond motifs is 12. The summed E-state index contributed by atoms with van der Waals surface area (Å²) < 4.78 is 2.50. The van der Waals surface area contributed by atoms with Gasteiger partial charge in [-0.1, -0.05) is 150 Å². The van der Waals surface area contributed by atoms with E-state index in [1.807, 2.05) is 0 Å². The third-order valence-electron chi connectivity index (χ3n) is 15.6. The molecule has 10 aromatic rings. The van der Waals surface area contributed by atoms with Crippen LogP contribution in [0.5, 0.6) is 0 Å². The van der Waals surface area contributed by atoms with Crippen LogP contribution in [0.3, 0.4) is 0 Å². The molecule has 0 saturated carbocycles. The van der Waals surface area contributed by atoms with Crippen molar-refractivity contribution >= 4 is 38.9 Å². The highest BCUT2D eigenvalue weighted by molar-refractivity contribution is 6.13. The molecule has 1 heterocycles. The maximum absolute atomic E-state index is 3.50. The standard InChI is InChI=1S/C65H50N2/c1-63(2)55-21-13-10-18-47(55)50-35-34-46(36-58(50)63)66(43-16-8-7-9-17-43)44-30-26-41(27-31-44)24-25-42-28-32-45(33-29-42)67-61-39-59-51(48-19-11-14-22-56(48)64(59,3)4)37-53(61)54-38-52-49-20-12-15-23-57(49)65(5,6)60(52)40-62(54)67/h7-23,26-40H,1-6H3. The van der Waals surface area contributed by atoms with Crippen LogP contribution >= 0.6 is 0 Å². The molecule has 9 aromatic carbocycles. The maximum Gasteiger partial charge on any atom is 0.0544 e. The molecule has 0 amide bonds. The summed E-state index contributed by atoms with van der Waals surface area (Å²) in [4.78, 5) is 2.35. The molecular formula is C65H50N2. The second-order valence-electron chi connectivity index (χ2n) is 20.4. The third-order valence-corrected chi connectivity index (χ3v) is 15.6. The van der Waals surface area contributed by atoms with Crippen molar-refractivity contribution in [3.8, 4) is 50.9 Å². The number of para-hydroxylation sites is 1. The van der Waals surface area contributed by atoms with Crippen LogP contribution in [0.4, 0.5) is 17.1 Å². The van der Waals surface area contributed by atoms with Crippen LogP contribution in [0.1, 0.15) is 86.1 Å². The number of rotatable bonds is 4. The number of hydrogen-bond donors (Lipinski definition) is 0. The summed E-state index contributed by atoms with van der Waals surface area (Å²) in [6.07, 6.45) is 0. The van der Waals surface area contributed by atoms with Gasteiger partial charge in [-0.2, -0.15) is 0 Å². The monoisotopic (exact) mass is 858 g/mol. The van der Waals surface area contributed by atoms with Gasteiger partial charge < -0.3 is 9.47 Å². The average molecular weight is 859 g/mol. The molecule has 1 aromatic heterocycles. The molecule has 0 N–H and O–H groups in total. The lowest BCUT2D eigenvalue weighted by atomic mass is 9.82. The van der Waals surface area contributed by atoms with Gasteiger partial charge in [0.2, 0.25) is 0 Å². The fourth-order valence-electron chi connectivity index (χ4n) is 12.1. The molecule has 0 unspecified atom stereocenters. The molecule has 0 saturated heterocycles. The Morgan fingerprint density at radius 3 is 1.22 bits per heavy atom. The smallest absolute Gasteiger partial charge is 0.0544 e. The van der Waals surface area contributed by atoms with Gasteiger partial charge in [0, 0.05) is 60.9 Å². The molecule has 0 aliphatic heterocycles. The number of anilines is 3. The molecule has 2 heteroatoms. The van der Waals surface area contributed by atoms with Gasteiger partial charge in [0.25, 0.3) is 0 Å². The van der Waals surface area contributed by atoms with E-state index in [1.165, 1.54) is 88.6 Å². The fourth-order valence-corrected chi connectivity index (χ4v) is 12.1. The summed E-state index contributed by atoms with van der Waals surface area (Å²) in [5, 5.41) is 2.57. The zero-order valence-corrected chi connectivity index (χ0v) is 38.9. The molecule has 320 valence electrons. The van der Waals surface area contributed by atoms with Crippen molar-refractivity contribution in [3.63, 3.8) is 0 Å². The van der Waals surface area contributed by atoms with E-state index in [1.54, 1.807) is 0 Å². The average Bonchev–Trinajstić information content (AvgIpc) is 3.96. The number of hydrogen-bond acceptors (Lipinski definition) is 1. The van der Waals surface area contributed by atoms with Crippen molar-refractivity contribution in [2.24, 2.45) is 0 Å². The molecule has 0 fully saturated rings. The highest BCUT2D eigenvalue weighted by atomic mass is 15.1. The van der Waals surface area contributed by atoms with Crippen LogP contribution in [-0.4, -0.2) is 4.57 Å². The van der Waals surface area contributed by atoms with E-state index in [9.17, 15) is 0 Å². The molecule has 0 radical (unpaired) electrons. The molecule has 0 spiro atoms. The number of aromatic nitrogens is 1. The molecule has 3 aliphatic carbocycles. The van der Waals surface area contributed by atoms with Crippen LogP contribution in [0, 0.1) is 11.8 Å². The van der Waals surface area contributed by atoms with Crippen molar-refractivity contribution in [1.82, 2.24) is 4.57 Å². The third kappa shape index (κ3) is 5.71. The quantitative estimate of drug-likeness (QED) is 0.160. The van der Waals surface area contributed by atoms with Gasteiger partial charge >= 0.3 is 0 Å². The Kier molecular flexibility index (Phi) is 8.30. The van der Waals surface area contributed by atoms with E-state index in [0.717, 1.165) is 33.9 Å². The minimum Gasteiger partial charge on any atom is -0.310 e. The Balaban J connectivity index is 0.868. The van der Waals surface area contributed by atoms with E-state index in [4.69, 9.17) is 0 Å². The normalized spacial score (nSPS) is 15.0. The SMILES string of the molecule is CC1(C)c2ccccc2-c2ccc(N(c3ccccc3)c3ccc(C#Cc4ccc(-n5c6cc7c(cc6c6cc8c(cc65)C(C)(C)c5ccccc5-8)-c5ccccc5C7(C)C)cc4)cc3)cc21. The molecule has 3 aliphatic rings. The van der Waals surface area contributed by atoms with Crippen molar-refractivity contribution in [3.05, 3.63) is 239 Å². The van der Waals surface area contributed by atoms with Gasteiger partial charge in [-0.15, -0.1) is 0 Å². The van der Waals surface area contributed by atoms with Gasteiger partial charge in [-0.05, 0) is 164 Å². The summed E-state index contributed by atoms with van der Waals surface area (Å²) in [6, 6.07) is 71.8. The zero-order valence-electron chi connectivity index (χ0n) is 38.9. The lowest BCUT2D eigenvalue weighted by molar-refractivity contribution is 0.660. The van der Waals surface area contributed by atoms with Crippen LogP contribution < -0.4 is 4.90 Å². The lowest BCUT2D eigenvalue weighted by Gasteiger charge is -2.28. The molecule has 0 bridgehead atoms. The maximum atomic E-state index is 3.50. The van der Waals surface area contributed by atoms with Crippen LogP contribution in [0.15, 0.2) is 194 Å². The second kappa shape index (κ2) is 14.1. The minimum atomic E-state index is -0.104. The summed E-state index contributed by atoms with van der Waals surface area (Å²) in [7, 11) is 0. The fraction of sp³-hybridized carbons (Fsp3) is 0.138. The first-order valence-electron chi connectivity index (χ1n) is 23.7. The molecular weight excluding hydrogens is 809 g/mol. The summed E-state index contributed by atoms with van der Waals surface area (Å²) in [5.41, 5.74) is 25.0. The van der Waals surface area contributed by atoms with E-state index in [2.05, 4.69) is 257 Å². The first-order valence-corrected chi connectivity index (χ1v) is 23.7. The second-order valence-corrected chi connectivity index (χ2v) is 20.4. The highest BCUT2D eigenvalue weighted by Crippen LogP contribution is 2.55. The van der Waals surface area contributed by atoms with Crippen molar-refractivity contribution in [1.29, 1.82) is 0 Å².